The molecule has 1 aliphatic rings. The topological polar surface area (TPSA) is 129 Å². The maximum atomic E-state index is 10.9. The first kappa shape index (κ1) is 20.0. The van der Waals surface area contributed by atoms with Gasteiger partial charge in [-0.25, -0.2) is 15.0 Å². The number of hydrogen-bond acceptors (Lipinski definition) is 8. The molecule has 10 heteroatoms. The highest BCUT2D eigenvalue weighted by Gasteiger charge is 2.53. The van der Waals surface area contributed by atoms with Gasteiger partial charge in [-0.05, 0) is 37.3 Å². The van der Waals surface area contributed by atoms with Crippen molar-refractivity contribution in [2.24, 2.45) is 0 Å². The lowest BCUT2D eigenvalue weighted by atomic mass is 9.95. The van der Waals surface area contributed by atoms with Crippen molar-refractivity contribution in [2.45, 2.75) is 31.0 Å². The summed E-state index contributed by atoms with van der Waals surface area (Å²) in [7, 11) is 0. The molecule has 0 saturated carbocycles. The number of aromatic nitrogens is 4. The smallest absolute Gasteiger partial charge is 0.164 e. The van der Waals surface area contributed by atoms with E-state index in [0.29, 0.717) is 33.3 Å². The maximum Gasteiger partial charge on any atom is 0.164 e. The molecule has 5 rings (SSSR count). The summed E-state index contributed by atoms with van der Waals surface area (Å²) in [6, 6.07) is 10.8. The summed E-state index contributed by atoms with van der Waals surface area (Å²) < 4.78 is 13.5. The highest BCUT2D eigenvalue weighted by atomic mass is 35.5. The van der Waals surface area contributed by atoms with E-state index in [1.54, 1.807) is 35.0 Å². The maximum absolute atomic E-state index is 10.9. The Labute approximate surface area is 182 Å². The molecule has 1 aliphatic heterocycles. The van der Waals surface area contributed by atoms with Gasteiger partial charge in [0.25, 0.3) is 0 Å². The third kappa shape index (κ3) is 3.35. The summed E-state index contributed by atoms with van der Waals surface area (Å²) in [5, 5.41) is 23.6. The lowest BCUT2D eigenvalue weighted by Crippen LogP contribution is -2.47. The van der Waals surface area contributed by atoms with Gasteiger partial charge < -0.3 is 30.0 Å². The average molecular weight is 442 g/mol. The van der Waals surface area contributed by atoms with Crippen LogP contribution < -0.4 is 10.5 Å². The van der Waals surface area contributed by atoms with Gasteiger partial charge in [0, 0.05) is 17.6 Å². The molecule has 4 aromatic rings. The van der Waals surface area contributed by atoms with E-state index in [9.17, 15) is 10.2 Å². The number of aliphatic hydroxyl groups is 2. The van der Waals surface area contributed by atoms with Crippen molar-refractivity contribution in [1.29, 1.82) is 0 Å². The Morgan fingerprint density at radius 1 is 1.26 bits per heavy atom. The second kappa shape index (κ2) is 7.31. The lowest BCUT2D eigenvalue weighted by Gasteiger charge is -2.26. The molecule has 1 fully saturated rings. The monoisotopic (exact) mass is 441 g/mol. The molecule has 4 heterocycles. The van der Waals surface area contributed by atoms with Gasteiger partial charge in [0.15, 0.2) is 6.23 Å². The van der Waals surface area contributed by atoms with E-state index in [0.717, 1.165) is 5.39 Å². The van der Waals surface area contributed by atoms with Gasteiger partial charge >= 0.3 is 0 Å². The van der Waals surface area contributed by atoms with E-state index in [1.807, 2.05) is 12.1 Å². The van der Waals surface area contributed by atoms with Crippen LogP contribution >= 0.6 is 11.6 Å². The number of ether oxygens (including phenoxy) is 2. The molecule has 4 N–H and O–H groups in total. The largest absolute Gasteiger partial charge is 0.491 e. The minimum absolute atomic E-state index is 0.0172. The number of halogens is 1. The SMILES string of the molecule is C[C@@]1(O)[C@@H](COc2ccc3ccc(N)nc3c2)O[C@@H](n2ccc3c(Cl)ncnc32)[C@@H]1O. The van der Waals surface area contributed by atoms with Gasteiger partial charge in [-0.15, -0.1) is 0 Å². The van der Waals surface area contributed by atoms with Crippen molar-refractivity contribution in [3.8, 4) is 5.75 Å². The predicted octanol–water partition coefficient (Wildman–Crippen LogP) is 2.30. The van der Waals surface area contributed by atoms with E-state index < -0.39 is 24.0 Å². The van der Waals surface area contributed by atoms with Crippen LogP contribution in [0.15, 0.2) is 48.9 Å². The average Bonchev–Trinajstić information content (AvgIpc) is 3.26. The number of anilines is 1. The quantitative estimate of drug-likeness (QED) is 0.411. The molecule has 0 bridgehead atoms. The molecule has 160 valence electrons. The fraction of sp³-hybridized carbons (Fsp3) is 0.286. The van der Waals surface area contributed by atoms with Crippen LogP contribution in [-0.4, -0.2) is 54.1 Å². The minimum atomic E-state index is -1.56. The highest BCUT2D eigenvalue weighted by molar-refractivity contribution is 6.33. The molecule has 4 atom stereocenters. The van der Waals surface area contributed by atoms with Crippen LogP contribution in [0, 0.1) is 0 Å². The van der Waals surface area contributed by atoms with Crippen LogP contribution in [0.25, 0.3) is 21.9 Å². The van der Waals surface area contributed by atoms with Gasteiger partial charge in [-0.1, -0.05) is 11.6 Å². The molecule has 1 saturated heterocycles. The van der Waals surface area contributed by atoms with Crippen LogP contribution in [0.3, 0.4) is 0 Å². The number of rotatable bonds is 4. The summed E-state index contributed by atoms with van der Waals surface area (Å²) >= 11 is 6.12. The molecular weight excluding hydrogens is 422 g/mol. The van der Waals surface area contributed by atoms with Gasteiger partial charge in [0.2, 0.25) is 0 Å². The molecule has 0 spiro atoms. The molecule has 31 heavy (non-hydrogen) atoms. The summed E-state index contributed by atoms with van der Waals surface area (Å²) in [6.07, 6.45) is 0.139. The first-order valence-corrected chi connectivity index (χ1v) is 10.0. The summed E-state index contributed by atoms with van der Waals surface area (Å²) in [6.45, 7) is 1.53. The highest BCUT2D eigenvalue weighted by Crippen LogP contribution is 2.39. The van der Waals surface area contributed by atoms with Crippen molar-refractivity contribution in [1.82, 2.24) is 19.5 Å². The van der Waals surface area contributed by atoms with Gasteiger partial charge in [0.1, 0.15) is 53.1 Å². The minimum Gasteiger partial charge on any atom is -0.491 e. The van der Waals surface area contributed by atoms with E-state index >= 15 is 0 Å². The summed E-state index contributed by atoms with van der Waals surface area (Å²) in [5.41, 5.74) is 5.40. The third-order valence-corrected chi connectivity index (χ3v) is 5.95. The second-order valence-corrected chi connectivity index (χ2v) is 8.07. The molecule has 3 aromatic heterocycles. The first-order valence-electron chi connectivity index (χ1n) is 9.66. The van der Waals surface area contributed by atoms with Gasteiger partial charge in [-0.3, -0.25) is 0 Å². The number of hydrogen-bond donors (Lipinski definition) is 3. The van der Waals surface area contributed by atoms with Gasteiger partial charge in [0.05, 0.1) is 10.9 Å². The third-order valence-electron chi connectivity index (χ3n) is 5.65. The van der Waals surface area contributed by atoms with E-state index in [1.165, 1.54) is 13.3 Å². The van der Waals surface area contributed by atoms with Crippen molar-refractivity contribution < 1.29 is 19.7 Å². The molecule has 1 aromatic carbocycles. The molecule has 0 amide bonds. The summed E-state index contributed by atoms with van der Waals surface area (Å²) in [4.78, 5) is 12.5. The number of nitrogen functional groups attached to an aromatic ring is 1. The van der Waals surface area contributed by atoms with E-state index in [2.05, 4.69) is 15.0 Å². The van der Waals surface area contributed by atoms with Crippen molar-refractivity contribution in [3.05, 3.63) is 54.1 Å². The number of pyridine rings is 1. The number of nitrogens with two attached hydrogens (primary N) is 1. The van der Waals surface area contributed by atoms with Crippen LogP contribution in [0.5, 0.6) is 5.75 Å². The standard InChI is InChI=1S/C21H20ClN5O4/c1-21(29)15(9-30-12-4-2-11-3-5-16(23)26-14(11)8-12)31-20(17(21)28)27-7-6-13-18(22)24-10-25-19(13)27/h2-8,10,15,17,20,28-29H,9H2,1H3,(H2,23,26)/t15-,17+,20-,21-/m1/s1. The summed E-state index contributed by atoms with van der Waals surface area (Å²) in [5.74, 6) is 0.967. The normalized spacial score (nSPS) is 26.0. The first-order chi connectivity index (χ1) is 14.8. The van der Waals surface area contributed by atoms with Crippen molar-refractivity contribution >= 4 is 39.4 Å². The zero-order valence-electron chi connectivity index (χ0n) is 16.5. The van der Waals surface area contributed by atoms with Gasteiger partial charge in [-0.2, -0.15) is 0 Å². The predicted molar refractivity (Wildman–Crippen MR) is 115 cm³/mol. The van der Waals surface area contributed by atoms with Crippen LogP contribution in [0.2, 0.25) is 5.15 Å². The zero-order valence-corrected chi connectivity index (χ0v) is 17.3. The lowest BCUT2D eigenvalue weighted by molar-refractivity contribution is -0.0765. The van der Waals surface area contributed by atoms with E-state index in [-0.39, 0.29) is 6.61 Å². The number of nitrogens with zero attached hydrogens (tertiary/aromatic N) is 4. The molecule has 0 radical (unpaired) electrons. The van der Waals surface area contributed by atoms with Crippen LogP contribution in [0.1, 0.15) is 13.2 Å². The fourth-order valence-electron chi connectivity index (χ4n) is 3.81. The molecular formula is C21H20ClN5O4. The Balaban J connectivity index is 1.38. The Bertz CT molecular complexity index is 1280. The Morgan fingerprint density at radius 2 is 2.06 bits per heavy atom. The number of benzene rings is 1. The fourth-order valence-corrected chi connectivity index (χ4v) is 4.00. The second-order valence-electron chi connectivity index (χ2n) is 7.71. The van der Waals surface area contributed by atoms with Crippen molar-refractivity contribution in [2.75, 3.05) is 12.3 Å². The molecule has 0 unspecified atom stereocenters. The van der Waals surface area contributed by atoms with Crippen molar-refractivity contribution in [3.63, 3.8) is 0 Å². The Kier molecular flexibility index (Phi) is 4.71. The van der Waals surface area contributed by atoms with E-state index in [4.69, 9.17) is 26.8 Å². The van der Waals surface area contributed by atoms with Crippen LogP contribution in [0.4, 0.5) is 5.82 Å². The molecule has 0 aliphatic carbocycles. The number of aliphatic hydroxyl groups excluding tert-OH is 1. The number of fused-ring (bicyclic) bond motifs is 2. The van der Waals surface area contributed by atoms with Crippen LogP contribution in [-0.2, 0) is 4.74 Å². The Hall–Kier alpha value is -2.98. The molecule has 9 nitrogen and oxygen atoms in total. The Morgan fingerprint density at radius 3 is 2.90 bits per heavy atom. The zero-order chi connectivity index (χ0) is 21.8.